The van der Waals surface area contributed by atoms with Gasteiger partial charge in [-0.1, -0.05) is 6.92 Å². The monoisotopic (exact) mass is 232 g/mol. The standard InChI is InChI=1S/C6H10O3.C4H6O3/c1-3-5(4(2)7)6(8)9;1-3(5)2-4(6)7/h5H,3H2,1-2H3,(H,8,9);2H2,1H3,(H,6,7). The lowest BCUT2D eigenvalue weighted by Crippen LogP contribution is -2.19. The quantitative estimate of drug-likeness (QED) is 0.676. The average molecular weight is 232 g/mol. The summed E-state index contributed by atoms with van der Waals surface area (Å²) >= 11 is 0. The van der Waals surface area contributed by atoms with E-state index in [-0.39, 0.29) is 18.0 Å². The largest absolute Gasteiger partial charge is 0.481 e. The van der Waals surface area contributed by atoms with Gasteiger partial charge in [-0.25, -0.2) is 0 Å². The van der Waals surface area contributed by atoms with Crippen LogP contribution in [-0.2, 0) is 19.2 Å². The highest BCUT2D eigenvalue weighted by Crippen LogP contribution is 2.02. The molecule has 0 amide bonds. The van der Waals surface area contributed by atoms with Crippen LogP contribution in [-0.4, -0.2) is 33.7 Å². The molecule has 0 saturated carbocycles. The maximum absolute atomic E-state index is 10.4. The molecule has 0 heterocycles. The van der Waals surface area contributed by atoms with Crippen LogP contribution in [0, 0.1) is 5.92 Å². The number of rotatable bonds is 5. The Morgan fingerprint density at radius 2 is 1.50 bits per heavy atom. The molecule has 0 saturated heterocycles. The lowest BCUT2D eigenvalue weighted by atomic mass is 10.0. The normalized spacial score (nSPS) is 10.7. The smallest absolute Gasteiger partial charge is 0.314 e. The number of hydrogen-bond donors (Lipinski definition) is 2. The highest BCUT2D eigenvalue weighted by molar-refractivity contribution is 5.96. The molecule has 0 aromatic rings. The molecule has 6 heteroatoms. The van der Waals surface area contributed by atoms with Gasteiger partial charge in [0.25, 0.3) is 0 Å². The number of carboxylic acid groups (broad SMARTS) is 2. The van der Waals surface area contributed by atoms with Crippen molar-refractivity contribution >= 4 is 23.5 Å². The lowest BCUT2D eigenvalue weighted by molar-refractivity contribution is -0.146. The first-order valence-corrected chi connectivity index (χ1v) is 4.66. The SMILES string of the molecule is CC(=O)CC(=O)O.CCC(C(C)=O)C(=O)O. The van der Waals surface area contributed by atoms with Gasteiger partial charge in [-0.3, -0.25) is 19.2 Å². The van der Waals surface area contributed by atoms with Crippen LogP contribution in [0.15, 0.2) is 0 Å². The van der Waals surface area contributed by atoms with Gasteiger partial charge in [0.2, 0.25) is 0 Å². The fourth-order valence-electron chi connectivity index (χ4n) is 0.849. The Kier molecular flexibility index (Phi) is 8.95. The van der Waals surface area contributed by atoms with E-state index >= 15 is 0 Å². The molecule has 0 rings (SSSR count). The third-order valence-corrected chi connectivity index (χ3v) is 1.60. The number of carbonyl (C=O) groups excluding carboxylic acids is 2. The van der Waals surface area contributed by atoms with Gasteiger partial charge in [-0.05, 0) is 20.3 Å². The molecule has 1 atom stereocenters. The number of carboxylic acids is 2. The third-order valence-electron chi connectivity index (χ3n) is 1.60. The highest BCUT2D eigenvalue weighted by Gasteiger charge is 2.19. The first kappa shape index (κ1) is 16.7. The summed E-state index contributed by atoms with van der Waals surface area (Å²) in [7, 11) is 0. The molecule has 16 heavy (non-hydrogen) atoms. The molecule has 0 aliphatic carbocycles. The Morgan fingerprint density at radius 3 is 1.50 bits per heavy atom. The Hall–Kier alpha value is -1.72. The van der Waals surface area contributed by atoms with E-state index in [1.165, 1.54) is 13.8 Å². The molecule has 2 N–H and O–H groups in total. The highest BCUT2D eigenvalue weighted by atomic mass is 16.4. The minimum absolute atomic E-state index is 0.273. The number of carbonyl (C=O) groups is 4. The van der Waals surface area contributed by atoms with Crippen LogP contribution in [0.3, 0.4) is 0 Å². The van der Waals surface area contributed by atoms with Crippen molar-refractivity contribution in [3.8, 4) is 0 Å². The second kappa shape index (κ2) is 8.58. The van der Waals surface area contributed by atoms with Gasteiger partial charge in [-0.2, -0.15) is 0 Å². The van der Waals surface area contributed by atoms with E-state index in [2.05, 4.69) is 0 Å². The molecule has 0 aromatic heterocycles. The summed E-state index contributed by atoms with van der Waals surface area (Å²) in [6, 6.07) is 0. The topological polar surface area (TPSA) is 109 Å². The number of aliphatic carboxylic acids is 2. The van der Waals surface area contributed by atoms with Crippen LogP contribution in [0.1, 0.15) is 33.6 Å². The first-order chi connectivity index (χ1) is 7.22. The van der Waals surface area contributed by atoms with Crippen molar-refractivity contribution in [2.45, 2.75) is 33.6 Å². The van der Waals surface area contributed by atoms with E-state index in [0.717, 1.165) is 0 Å². The van der Waals surface area contributed by atoms with Crippen molar-refractivity contribution in [3.63, 3.8) is 0 Å². The summed E-state index contributed by atoms with van der Waals surface area (Å²) < 4.78 is 0. The van der Waals surface area contributed by atoms with Crippen molar-refractivity contribution in [2.75, 3.05) is 0 Å². The molecular formula is C10H16O6. The fourth-order valence-corrected chi connectivity index (χ4v) is 0.849. The predicted octanol–water partition coefficient (Wildman–Crippen LogP) is 0.736. The zero-order valence-electron chi connectivity index (χ0n) is 9.52. The second-order valence-electron chi connectivity index (χ2n) is 3.18. The summed E-state index contributed by atoms with van der Waals surface area (Å²) in [4.78, 5) is 40.0. The van der Waals surface area contributed by atoms with E-state index in [9.17, 15) is 19.2 Å². The zero-order chi connectivity index (χ0) is 13.3. The van der Waals surface area contributed by atoms with Crippen molar-refractivity contribution in [1.82, 2.24) is 0 Å². The van der Waals surface area contributed by atoms with Gasteiger partial charge in [0.05, 0.1) is 0 Å². The third kappa shape index (κ3) is 10.4. The molecular weight excluding hydrogens is 216 g/mol. The van der Waals surface area contributed by atoms with Crippen molar-refractivity contribution < 1.29 is 29.4 Å². The van der Waals surface area contributed by atoms with Crippen LogP contribution in [0.2, 0.25) is 0 Å². The van der Waals surface area contributed by atoms with Gasteiger partial charge >= 0.3 is 11.9 Å². The molecule has 6 nitrogen and oxygen atoms in total. The zero-order valence-corrected chi connectivity index (χ0v) is 9.52. The van der Waals surface area contributed by atoms with Gasteiger partial charge in [0.1, 0.15) is 23.9 Å². The van der Waals surface area contributed by atoms with Gasteiger partial charge in [0.15, 0.2) is 0 Å². The first-order valence-electron chi connectivity index (χ1n) is 4.66. The Morgan fingerprint density at radius 1 is 1.06 bits per heavy atom. The Bertz CT molecular complexity index is 255. The molecule has 0 aromatic carbocycles. The van der Waals surface area contributed by atoms with Crippen LogP contribution >= 0.6 is 0 Å². The summed E-state index contributed by atoms with van der Waals surface area (Å²) in [5.41, 5.74) is 0. The maximum atomic E-state index is 10.4. The molecule has 0 bridgehead atoms. The van der Waals surface area contributed by atoms with Crippen LogP contribution < -0.4 is 0 Å². The summed E-state index contributed by atoms with van der Waals surface area (Å²) in [6.07, 6.45) is 0.0185. The van der Waals surface area contributed by atoms with E-state index in [0.29, 0.717) is 6.42 Å². The van der Waals surface area contributed by atoms with Crippen LogP contribution in [0.25, 0.3) is 0 Å². The molecule has 0 aliphatic rings. The van der Waals surface area contributed by atoms with Gasteiger partial charge < -0.3 is 10.2 Å². The fraction of sp³-hybridized carbons (Fsp3) is 0.600. The predicted molar refractivity (Wildman–Crippen MR) is 55.0 cm³/mol. The molecule has 0 aliphatic heterocycles. The minimum atomic E-state index is -1.06. The molecule has 1 unspecified atom stereocenters. The van der Waals surface area contributed by atoms with Crippen molar-refractivity contribution in [2.24, 2.45) is 5.92 Å². The lowest BCUT2D eigenvalue weighted by Gasteiger charge is -2.01. The van der Waals surface area contributed by atoms with Gasteiger partial charge in [-0.15, -0.1) is 0 Å². The van der Waals surface area contributed by atoms with Gasteiger partial charge in [0, 0.05) is 0 Å². The summed E-state index contributed by atoms with van der Waals surface area (Å²) in [6.45, 7) is 4.22. The Balaban J connectivity index is 0. The molecule has 92 valence electrons. The molecule has 0 radical (unpaired) electrons. The summed E-state index contributed by atoms with van der Waals surface area (Å²) in [5, 5.41) is 16.2. The number of ketones is 2. The molecule has 0 fully saturated rings. The summed E-state index contributed by atoms with van der Waals surface area (Å²) in [5.74, 6) is -3.47. The van der Waals surface area contributed by atoms with E-state index < -0.39 is 17.9 Å². The molecule has 0 spiro atoms. The van der Waals surface area contributed by atoms with Crippen LogP contribution in [0.5, 0.6) is 0 Å². The maximum Gasteiger partial charge on any atom is 0.314 e. The Labute approximate surface area is 93.3 Å². The van der Waals surface area contributed by atoms with Crippen LogP contribution in [0.4, 0.5) is 0 Å². The van der Waals surface area contributed by atoms with E-state index in [1.807, 2.05) is 0 Å². The van der Waals surface area contributed by atoms with E-state index in [1.54, 1.807) is 6.92 Å². The number of Topliss-reactive ketones (excluding diaryl/α,β-unsaturated/α-hetero) is 2. The minimum Gasteiger partial charge on any atom is -0.481 e. The number of hydrogen-bond acceptors (Lipinski definition) is 4. The van der Waals surface area contributed by atoms with Crippen molar-refractivity contribution in [3.05, 3.63) is 0 Å². The van der Waals surface area contributed by atoms with E-state index in [4.69, 9.17) is 10.2 Å². The van der Waals surface area contributed by atoms with Crippen molar-refractivity contribution in [1.29, 1.82) is 0 Å². The second-order valence-corrected chi connectivity index (χ2v) is 3.18. The average Bonchev–Trinajstić information content (AvgIpc) is 2.01.